The number of nitrogens with one attached hydrogen (secondary N) is 2. The van der Waals surface area contributed by atoms with Gasteiger partial charge in [-0.05, 0) is 6.42 Å². The van der Waals surface area contributed by atoms with Crippen LogP contribution in [0.25, 0.3) is 0 Å². The van der Waals surface area contributed by atoms with E-state index in [-0.39, 0.29) is 12.5 Å². The predicted octanol–water partition coefficient (Wildman–Crippen LogP) is 0.131. The van der Waals surface area contributed by atoms with Crippen molar-refractivity contribution in [3.63, 3.8) is 0 Å². The summed E-state index contributed by atoms with van der Waals surface area (Å²) in [5.41, 5.74) is 0. The third-order valence-electron chi connectivity index (χ3n) is 1.83. The fourth-order valence-electron chi connectivity index (χ4n) is 1.07. The van der Waals surface area contributed by atoms with Crippen molar-refractivity contribution in [2.24, 2.45) is 0 Å². The van der Waals surface area contributed by atoms with Crippen molar-refractivity contribution in [2.45, 2.75) is 25.8 Å². The molecule has 1 unspecified atom stereocenters. The number of carbonyl (C=O) groups excluding carboxylic acids is 1. The van der Waals surface area contributed by atoms with Gasteiger partial charge in [-0.25, -0.2) is 0 Å². The summed E-state index contributed by atoms with van der Waals surface area (Å²) in [7, 11) is 0. The third kappa shape index (κ3) is 6.68. The van der Waals surface area contributed by atoms with E-state index in [1.54, 1.807) is 6.08 Å². The molecule has 0 aliphatic rings. The lowest BCUT2D eigenvalue weighted by atomic mass is 10.2. The molecule has 0 saturated heterocycles. The van der Waals surface area contributed by atoms with E-state index in [9.17, 15) is 9.59 Å². The quantitative estimate of drug-likeness (QED) is 0.502. The third-order valence-corrected chi connectivity index (χ3v) is 1.83. The molecule has 0 spiro atoms. The number of carboxylic acids is 1. The van der Waals surface area contributed by atoms with E-state index in [4.69, 9.17) is 5.11 Å². The maximum Gasteiger partial charge on any atom is 0.320 e. The van der Waals surface area contributed by atoms with Crippen molar-refractivity contribution < 1.29 is 14.7 Å². The number of carboxylic acid groups (broad SMARTS) is 1. The van der Waals surface area contributed by atoms with Crippen LogP contribution in [0.5, 0.6) is 0 Å². The van der Waals surface area contributed by atoms with Gasteiger partial charge in [-0.2, -0.15) is 0 Å². The Morgan fingerprint density at radius 2 is 2.20 bits per heavy atom. The van der Waals surface area contributed by atoms with Crippen LogP contribution in [-0.4, -0.2) is 36.1 Å². The summed E-state index contributed by atoms with van der Waals surface area (Å²) in [5, 5.41) is 14.0. The highest BCUT2D eigenvalue weighted by molar-refractivity contribution is 5.79. The van der Waals surface area contributed by atoms with Crippen LogP contribution in [-0.2, 0) is 9.59 Å². The molecule has 0 bridgehead atoms. The summed E-state index contributed by atoms with van der Waals surface area (Å²) in [5.74, 6) is -1.15. The van der Waals surface area contributed by atoms with E-state index in [0.29, 0.717) is 13.0 Å². The zero-order chi connectivity index (χ0) is 11.7. The first-order valence-corrected chi connectivity index (χ1v) is 4.95. The predicted molar refractivity (Wildman–Crippen MR) is 57.5 cm³/mol. The normalized spacial score (nSPS) is 11.8. The van der Waals surface area contributed by atoms with Crippen LogP contribution in [0.1, 0.15) is 19.8 Å². The van der Waals surface area contributed by atoms with Gasteiger partial charge in [0.2, 0.25) is 5.91 Å². The highest BCUT2D eigenvalue weighted by Gasteiger charge is 2.16. The maximum atomic E-state index is 11.1. The molecular weight excluding hydrogens is 196 g/mol. The Kier molecular flexibility index (Phi) is 7.27. The lowest BCUT2D eigenvalue weighted by Gasteiger charge is -2.12. The van der Waals surface area contributed by atoms with Crippen LogP contribution in [0.4, 0.5) is 0 Å². The molecule has 0 aliphatic heterocycles. The van der Waals surface area contributed by atoms with Crippen molar-refractivity contribution in [1.82, 2.24) is 10.6 Å². The van der Waals surface area contributed by atoms with Gasteiger partial charge < -0.3 is 10.4 Å². The minimum absolute atomic E-state index is 0.0187. The largest absolute Gasteiger partial charge is 0.480 e. The standard InChI is InChI=1S/C10H18N2O3/c1-3-5-8(10(14)15)12-7-9(13)11-6-4-2/h4,8,12H,2-3,5-7H2,1H3,(H,11,13)(H,14,15). The molecule has 0 radical (unpaired) electrons. The van der Waals surface area contributed by atoms with Crippen molar-refractivity contribution in [3.8, 4) is 0 Å². The molecule has 3 N–H and O–H groups in total. The van der Waals surface area contributed by atoms with Gasteiger partial charge in [-0.3, -0.25) is 14.9 Å². The van der Waals surface area contributed by atoms with Gasteiger partial charge in [0.1, 0.15) is 6.04 Å². The Labute approximate surface area is 89.6 Å². The van der Waals surface area contributed by atoms with Crippen molar-refractivity contribution >= 4 is 11.9 Å². The monoisotopic (exact) mass is 214 g/mol. The fourth-order valence-corrected chi connectivity index (χ4v) is 1.07. The van der Waals surface area contributed by atoms with Crippen LogP contribution in [0.15, 0.2) is 12.7 Å². The summed E-state index contributed by atoms with van der Waals surface area (Å²) in [4.78, 5) is 21.8. The minimum Gasteiger partial charge on any atom is -0.480 e. The smallest absolute Gasteiger partial charge is 0.320 e. The molecule has 0 aromatic carbocycles. The molecule has 5 nitrogen and oxygen atoms in total. The first-order chi connectivity index (χ1) is 7.11. The van der Waals surface area contributed by atoms with Gasteiger partial charge in [0, 0.05) is 6.54 Å². The van der Waals surface area contributed by atoms with Crippen molar-refractivity contribution in [2.75, 3.05) is 13.1 Å². The molecule has 0 heterocycles. The lowest BCUT2D eigenvalue weighted by molar-refractivity contribution is -0.139. The van der Waals surface area contributed by atoms with E-state index in [2.05, 4.69) is 17.2 Å². The molecule has 0 rings (SSSR count). The van der Waals surface area contributed by atoms with E-state index >= 15 is 0 Å². The van der Waals surface area contributed by atoms with E-state index < -0.39 is 12.0 Å². The van der Waals surface area contributed by atoms with Crippen LogP contribution in [0, 0.1) is 0 Å². The number of hydrogen-bond acceptors (Lipinski definition) is 3. The zero-order valence-electron chi connectivity index (χ0n) is 8.95. The van der Waals surface area contributed by atoms with E-state index in [1.165, 1.54) is 0 Å². The SMILES string of the molecule is C=CCNC(=O)CNC(CCC)C(=O)O. The number of amides is 1. The number of carbonyl (C=O) groups is 2. The Morgan fingerprint density at radius 1 is 1.53 bits per heavy atom. The minimum atomic E-state index is -0.923. The average Bonchev–Trinajstić information content (AvgIpc) is 2.20. The second-order valence-electron chi connectivity index (χ2n) is 3.15. The molecule has 1 amide bonds. The van der Waals surface area contributed by atoms with Gasteiger partial charge in [-0.1, -0.05) is 19.4 Å². The Morgan fingerprint density at radius 3 is 2.67 bits per heavy atom. The maximum absolute atomic E-state index is 11.1. The number of hydrogen-bond donors (Lipinski definition) is 3. The van der Waals surface area contributed by atoms with Gasteiger partial charge in [0.15, 0.2) is 0 Å². The molecule has 86 valence electrons. The van der Waals surface area contributed by atoms with Crippen LogP contribution >= 0.6 is 0 Å². The highest BCUT2D eigenvalue weighted by atomic mass is 16.4. The molecule has 5 heteroatoms. The first-order valence-electron chi connectivity index (χ1n) is 4.95. The Bertz CT molecular complexity index is 229. The lowest BCUT2D eigenvalue weighted by Crippen LogP contribution is -2.43. The molecule has 0 aliphatic carbocycles. The molecule has 1 atom stereocenters. The molecular formula is C10H18N2O3. The molecule has 0 aromatic heterocycles. The first kappa shape index (κ1) is 13.6. The van der Waals surface area contributed by atoms with Crippen LogP contribution in [0.2, 0.25) is 0 Å². The summed E-state index contributed by atoms with van der Waals surface area (Å²) >= 11 is 0. The Hall–Kier alpha value is -1.36. The van der Waals surface area contributed by atoms with Gasteiger partial charge >= 0.3 is 5.97 Å². The second kappa shape index (κ2) is 7.99. The van der Waals surface area contributed by atoms with Crippen LogP contribution < -0.4 is 10.6 Å². The van der Waals surface area contributed by atoms with Gasteiger partial charge in [0.05, 0.1) is 6.54 Å². The summed E-state index contributed by atoms with van der Waals surface area (Å²) in [6, 6.07) is -0.649. The summed E-state index contributed by atoms with van der Waals surface area (Å²) in [6.45, 7) is 5.77. The molecule has 0 fully saturated rings. The van der Waals surface area contributed by atoms with Gasteiger partial charge in [-0.15, -0.1) is 6.58 Å². The number of aliphatic carboxylic acids is 1. The number of rotatable bonds is 8. The average molecular weight is 214 g/mol. The highest BCUT2D eigenvalue weighted by Crippen LogP contribution is 1.95. The molecule has 0 saturated carbocycles. The Balaban J connectivity index is 3.82. The van der Waals surface area contributed by atoms with Gasteiger partial charge in [0.25, 0.3) is 0 Å². The van der Waals surface area contributed by atoms with Crippen molar-refractivity contribution in [1.29, 1.82) is 0 Å². The summed E-state index contributed by atoms with van der Waals surface area (Å²) in [6.07, 6.45) is 2.85. The molecule has 15 heavy (non-hydrogen) atoms. The zero-order valence-corrected chi connectivity index (χ0v) is 8.95. The molecule has 0 aromatic rings. The van der Waals surface area contributed by atoms with Crippen molar-refractivity contribution in [3.05, 3.63) is 12.7 Å². The summed E-state index contributed by atoms with van der Waals surface area (Å²) < 4.78 is 0. The van der Waals surface area contributed by atoms with Crippen LogP contribution in [0.3, 0.4) is 0 Å². The fraction of sp³-hybridized carbons (Fsp3) is 0.600. The van der Waals surface area contributed by atoms with E-state index in [0.717, 1.165) is 6.42 Å². The topological polar surface area (TPSA) is 78.4 Å². The van der Waals surface area contributed by atoms with E-state index in [1.807, 2.05) is 6.92 Å². The second-order valence-corrected chi connectivity index (χ2v) is 3.15.